The number of hydrogen-bond donors (Lipinski definition) is 1. The van der Waals surface area contributed by atoms with Gasteiger partial charge in [0.15, 0.2) is 11.9 Å². The number of carbonyl (C=O) groups excluding carboxylic acids is 1. The molecule has 7 heteroatoms. The molecule has 0 spiro atoms. The van der Waals surface area contributed by atoms with Gasteiger partial charge in [-0.15, -0.1) is 0 Å². The highest BCUT2D eigenvalue weighted by molar-refractivity contribution is 5.94. The fraction of sp³-hybridized carbons (Fsp3) is 0.235. The van der Waals surface area contributed by atoms with Crippen LogP contribution in [-0.4, -0.2) is 16.9 Å². The van der Waals surface area contributed by atoms with Gasteiger partial charge in [0.25, 0.3) is 5.91 Å². The molecule has 0 fully saturated rings. The van der Waals surface area contributed by atoms with Crippen LogP contribution >= 0.6 is 0 Å². The molecule has 0 saturated heterocycles. The molecule has 0 aromatic heterocycles. The molecule has 1 amide bonds. The van der Waals surface area contributed by atoms with Crippen molar-refractivity contribution < 1.29 is 18.8 Å². The Morgan fingerprint density at radius 2 is 1.96 bits per heavy atom. The summed E-state index contributed by atoms with van der Waals surface area (Å²) in [7, 11) is 0. The molecule has 0 unspecified atom stereocenters. The molecule has 0 aliphatic rings. The topological polar surface area (TPSA) is 81.5 Å². The number of amides is 1. The molecule has 1 atom stereocenters. The van der Waals surface area contributed by atoms with Gasteiger partial charge in [0.2, 0.25) is 0 Å². The molecule has 0 heterocycles. The molecule has 6 nitrogen and oxygen atoms in total. The second-order valence-electron chi connectivity index (χ2n) is 5.44. The second-order valence-corrected chi connectivity index (χ2v) is 5.44. The molecule has 0 bridgehead atoms. The van der Waals surface area contributed by atoms with Crippen molar-refractivity contribution >= 4 is 17.3 Å². The van der Waals surface area contributed by atoms with E-state index in [1.54, 1.807) is 32.0 Å². The zero-order valence-electron chi connectivity index (χ0n) is 13.5. The lowest BCUT2D eigenvalue weighted by molar-refractivity contribution is -0.386. The van der Waals surface area contributed by atoms with Gasteiger partial charge in [0.1, 0.15) is 5.82 Å². The van der Waals surface area contributed by atoms with Crippen LogP contribution in [-0.2, 0) is 4.79 Å². The van der Waals surface area contributed by atoms with Crippen molar-refractivity contribution in [1.82, 2.24) is 0 Å². The lowest BCUT2D eigenvalue weighted by Gasteiger charge is -2.15. The second kappa shape index (κ2) is 7.08. The first-order chi connectivity index (χ1) is 11.3. The van der Waals surface area contributed by atoms with Gasteiger partial charge in [0.05, 0.1) is 4.92 Å². The third-order valence-corrected chi connectivity index (χ3v) is 3.42. The standard InChI is InChI=1S/C17H17FN2O4/c1-10-4-7-16(15(8-10)20(22)23)24-12(3)17(21)19-13-6-5-11(2)14(18)9-13/h4-9,12H,1-3H3,(H,19,21)/t12-/m0/s1. The number of anilines is 1. The van der Waals surface area contributed by atoms with Crippen LogP contribution in [0.1, 0.15) is 18.1 Å². The fourth-order valence-corrected chi connectivity index (χ4v) is 2.03. The SMILES string of the molecule is Cc1ccc(O[C@@H](C)C(=O)Nc2ccc(C)c(F)c2)c([N+](=O)[O-])c1. The molecule has 2 aromatic rings. The number of hydrogen-bond acceptors (Lipinski definition) is 4. The predicted octanol–water partition coefficient (Wildman–Crippen LogP) is 3.76. The molecule has 2 aromatic carbocycles. The highest BCUT2D eigenvalue weighted by atomic mass is 19.1. The number of nitro groups is 1. The van der Waals surface area contributed by atoms with E-state index in [1.807, 2.05) is 0 Å². The number of aryl methyl sites for hydroxylation is 2. The maximum absolute atomic E-state index is 13.5. The summed E-state index contributed by atoms with van der Waals surface area (Å²) in [5.41, 5.74) is 1.25. The Morgan fingerprint density at radius 3 is 2.58 bits per heavy atom. The Hall–Kier alpha value is -2.96. The molecule has 0 aliphatic heterocycles. The summed E-state index contributed by atoms with van der Waals surface area (Å²) in [6.45, 7) is 4.80. The van der Waals surface area contributed by atoms with Crippen molar-refractivity contribution in [3.05, 3.63) is 63.5 Å². The number of ether oxygens (including phenoxy) is 1. The first-order valence-electron chi connectivity index (χ1n) is 7.26. The van der Waals surface area contributed by atoms with Gasteiger partial charge in [-0.2, -0.15) is 0 Å². The Labute approximate surface area is 138 Å². The number of rotatable bonds is 5. The normalized spacial score (nSPS) is 11.7. The summed E-state index contributed by atoms with van der Waals surface area (Å²) < 4.78 is 18.9. The number of benzene rings is 2. The number of nitrogens with one attached hydrogen (secondary N) is 1. The van der Waals surface area contributed by atoms with Gasteiger partial charge < -0.3 is 10.1 Å². The van der Waals surface area contributed by atoms with Crippen LogP contribution in [0, 0.1) is 29.8 Å². The van der Waals surface area contributed by atoms with Gasteiger partial charge in [-0.1, -0.05) is 12.1 Å². The third kappa shape index (κ3) is 4.07. The summed E-state index contributed by atoms with van der Waals surface area (Å²) in [5.74, 6) is -0.966. The van der Waals surface area contributed by atoms with E-state index in [9.17, 15) is 19.3 Å². The van der Waals surface area contributed by atoms with Crippen molar-refractivity contribution in [2.24, 2.45) is 0 Å². The van der Waals surface area contributed by atoms with E-state index in [0.717, 1.165) is 0 Å². The molecule has 126 valence electrons. The molecule has 0 aliphatic carbocycles. The van der Waals surface area contributed by atoms with Crippen molar-refractivity contribution in [1.29, 1.82) is 0 Å². The van der Waals surface area contributed by atoms with E-state index < -0.39 is 22.8 Å². The molecular weight excluding hydrogens is 315 g/mol. The molecule has 24 heavy (non-hydrogen) atoms. The van der Waals surface area contributed by atoms with E-state index in [2.05, 4.69) is 5.32 Å². The molecule has 1 N–H and O–H groups in total. The minimum Gasteiger partial charge on any atom is -0.474 e. The monoisotopic (exact) mass is 332 g/mol. The summed E-state index contributed by atoms with van der Waals surface area (Å²) in [4.78, 5) is 22.6. The van der Waals surface area contributed by atoms with E-state index in [4.69, 9.17) is 4.74 Å². The zero-order valence-corrected chi connectivity index (χ0v) is 13.5. The number of carbonyl (C=O) groups is 1. The highest BCUT2D eigenvalue weighted by Crippen LogP contribution is 2.28. The van der Waals surface area contributed by atoms with E-state index >= 15 is 0 Å². The lowest BCUT2D eigenvalue weighted by Crippen LogP contribution is -2.30. The van der Waals surface area contributed by atoms with Crippen molar-refractivity contribution in [3.8, 4) is 5.75 Å². The van der Waals surface area contributed by atoms with Gasteiger partial charge in [0, 0.05) is 11.8 Å². The fourth-order valence-electron chi connectivity index (χ4n) is 2.03. The first kappa shape index (κ1) is 17.4. The molecule has 0 saturated carbocycles. The Bertz CT molecular complexity index is 792. The minimum absolute atomic E-state index is 0.00309. The van der Waals surface area contributed by atoms with Crippen LogP contribution in [0.5, 0.6) is 5.75 Å². The van der Waals surface area contributed by atoms with Crippen LogP contribution in [0.15, 0.2) is 36.4 Å². The Morgan fingerprint density at radius 1 is 1.25 bits per heavy atom. The lowest BCUT2D eigenvalue weighted by atomic mass is 10.2. The summed E-state index contributed by atoms with van der Waals surface area (Å²) in [5, 5.41) is 13.6. The van der Waals surface area contributed by atoms with E-state index in [-0.39, 0.29) is 17.1 Å². The van der Waals surface area contributed by atoms with Crippen molar-refractivity contribution in [3.63, 3.8) is 0 Å². The minimum atomic E-state index is -0.990. The van der Waals surface area contributed by atoms with Gasteiger partial charge in [-0.3, -0.25) is 14.9 Å². The predicted molar refractivity (Wildman–Crippen MR) is 87.7 cm³/mol. The number of nitrogens with zero attached hydrogens (tertiary/aromatic N) is 1. The quantitative estimate of drug-likeness (QED) is 0.668. The van der Waals surface area contributed by atoms with Crippen LogP contribution in [0.3, 0.4) is 0 Å². The Balaban J connectivity index is 2.11. The van der Waals surface area contributed by atoms with E-state index in [1.165, 1.54) is 25.1 Å². The zero-order chi connectivity index (χ0) is 17.9. The first-order valence-corrected chi connectivity index (χ1v) is 7.26. The average Bonchev–Trinajstić information content (AvgIpc) is 2.52. The molecule has 0 radical (unpaired) electrons. The molecule has 2 rings (SSSR count). The van der Waals surface area contributed by atoms with Gasteiger partial charge >= 0.3 is 5.69 Å². The van der Waals surface area contributed by atoms with Crippen LogP contribution in [0.25, 0.3) is 0 Å². The van der Waals surface area contributed by atoms with E-state index in [0.29, 0.717) is 11.1 Å². The molecular formula is C17H17FN2O4. The number of halogens is 1. The maximum atomic E-state index is 13.5. The highest BCUT2D eigenvalue weighted by Gasteiger charge is 2.21. The summed E-state index contributed by atoms with van der Waals surface area (Å²) in [6, 6.07) is 8.79. The van der Waals surface area contributed by atoms with Crippen LogP contribution in [0.2, 0.25) is 0 Å². The Kier molecular flexibility index (Phi) is 5.13. The van der Waals surface area contributed by atoms with Gasteiger partial charge in [-0.25, -0.2) is 4.39 Å². The maximum Gasteiger partial charge on any atom is 0.311 e. The smallest absolute Gasteiger partial charge is 0.311 e. The van der Waals surface area contributed by atoms with Gasteiger partial charge in [-0.05, 0) is 50.1 Å². The third-order valence-electron chi connectivity index (χ3n) is 3.42. The summed E-state index contributed by atoms with van der Waals surface area (Å²) >= 11 is 0. The largest absolute Gasteiger partial charge is 0.474 e. The average molecular weight is 332 g/mol. The number of nitro benzene ring substituents is 1. The van der Waals surface area contributed by atoms with Crippen LogP contribution in [0.4, 0.5) is 15.8 Å². The van der Waals surface area contributed by atoms with Crippen molar-refractivity contribution in [2.75, 3.05) is 5.32 Å². The van der Waals surface area contributed by atoms with Crippen molar-refractivity contribution in [2.45, 2.75) is 26.9 Å². The summed E-state index contributed by atoms with van der Waals surface area (Å²) in [6.07, 6.45) is -0.990. The van der Waals surface area contributed by atoms with Crippen LogP contribution < -0.4 is 10.1 Å².